The fourth-order valence-electron chi connectivity index (χ4n) is 3.23. The van der Waals surface area contributed by atoms with E-state index in [1.165, 1.54) is 32.1 Å². The molecule has 1 heterocycles. The van der Waals surface area contributed by atoms with Gasteiger partial charge in [-0.2, -0.15) is 4.98 Å². The van der Waals surface area contributed by atoms with Gasteiger partial charge in [0, 0.05) is 12.1 Å². The van der Waals surface area contributed by atoms with E-state index >= 15 is 0 Å². The predicted molar refractivity (Wildman–Crippen MR) is 88.1 cm³/mol. The third-order valence-corrected chi connectivity index (χ3v) is 4.40. The third-order valence-electron chi connectivity index (χ3n) is 4.40. The Hall–Kier alpha value is -2.17. The Morgan fingerprint density at radius 1 is 1.26 bits per heavy atom. The van der Waals surface area contributed by atoms with Gasteiger partial charge in [0.1, 0.15) is 0 Å². The Balaban J connectivity index is 1.63. The van der Waals surface area contributed by atoms with Crippen molar-refractivity contribution in [2.45, 2.75) is 51.9 Å². The zero-order chi connectivity index (χ0) is 16.1. The topological polar surface area (TPSA) is 68.0 Å². The number of amides is 1. The van der Waals surface area contributed by atoms with Gasteiger partial charge >= 0.3 is 0 Å². The van der Waals surface area contributed by atoms with Crippen LogP contribution in [0.15, 0.2) is 28.8 Å². The molecule has 0 aliphatic heterocycles. The van der Waals surface area contributed by atoms with Crippen molar-refractivity contribution in [3.63, 3.8) is 0 Å². The van der Waals surface area contributed by atoms with Crippen molar-refractivity contribution in [1.29, 1.82) is 0 Å². The lowest BCUT2D eigenvalue weighted by Crippen LogP contribution is -2.19. The standard InChI is InChI=1S/C18H23N3O2/c1-13-19-18(23-21-13)12-15-9-5-6-10-16(15)20-17(22)11-14-7-3-2-4-8-14/h5-6,9-10,14H,2-4,7-8,11-12H2,1H3,(H,20,22). The van der Waals surface area contributed by atoms with Crippen molar-refractivity contribution in [3.8, 4) is 0 Å². The van der Waals surface area contributed by atoms with E-state index in [1.807, 2.05) is 24.3 Å². The number of hydrogen-bond acceptors (Lipinski definition) is 4. The molecule has 1 fully saturated rings. The second-order valence-corrected chi connectivity index (χ2v) is 6.33. The number of para-hydroxylation sites is 1. The summed E-state index contributed by atoms with van der Waals surface area (Å²) in [4.78, 5) is 16.6. The molecular weight excluding hydrogens is 290 g/mol. The first-order chi connectivity index (χ1) is 11.2. The van der Waals surface area contributed by atoms with Crippen molar-refractivity contribution < 1.29 is 9.32 Å². The molecular formula is C18H23N3O2. The highest BCUT2D eigenvalue weighted by molar-refractivity contribution is 5.91. The first kappa shape index (κ1) is 15.7. The second-order valence-electron chi connectivity index (χ2n) is 6.33. The Morgan fingerprint density at radius 3 is 2.78 bits per heavy atom. The smallest absolute Gasteiger partial charge is 0.231 e. The van der Waals surface area contributed by atoms with Crippen LogP contribution >= 0.6 is 0 Å². The normalized spacial score (nSPS) is 15.5. The molecule has 122 valence electrons. The Labute approximate surface area is 136 Å². The van der Waals surface area contributed by atoms with Crippen molar-refractivity contribution in [3.05, 3.63) is 41.5 Å². The van der Waals surface area contributed by atoms with E-state index in [0.717, 1.165) is 11.3 Å². The fraction of sp³-hybridized carbons (Fsp3) is 0.500. The van der Waals surface area contributed by atoms with Crippen molar-refractivity contribution in [2.75, 3.05) is 5.32 Å². The minimum absolute atomic E-state index is 0.103. The van der Waals surface area contributed by atoms with Crippen LogP contribution in [0.2, 0.25) is 0 Å². The van der Waals surface area contributed by atoms with E-state index in [4.69, 9.17) is 4.52 Å². The van der Waals surface area contributed by atoms with Gasteiger partial charge in [0.25, 0.3) is 0 Å². The van der Waals surface area contributed by atoms with Crippen LogP contribution in [0, 0.1) is 12.8 Å². The van der Waals surface area contributed by atoms with Gasteiger partial charge in [0.05, 0.1) is 6.42 Å². The van der Waals surface area contributed by atoms with Gasteiger partial charge in [-0.25, -0.2) is 0 Å². The van der Waals surface area contributed by atoms with Crippen LogP contribution in [0.1, 0.15) is 55.8 Å². The van der Waals surface area contributed by atoms with Gasteiger partial charge in [0.15, 0.2) is 5.82 Å². The number of aromatic nitrogens is 2. The lowest BCUT2D eigenvalue weighted by molar-refractivity contribution is -0.117. The molecule has 0 bridgehead atoms. The summed E-state index contributed by atoms with van der Waals surface area (Å²) in [5, 5.41) is 6.86. The number of benzene rings is 1. The van der Waals surface area contributed by atoms with E-state index in [9.17, 15) is 4.79 Å². The molecule has 1 aromatic heterocycles. The van der Waals surface area contributed by atoms with Crippen LogP contribution < -0.4 is 5.32 Å². The molecule has 1 aliphatic rings. The van der Waals surface area contributed by atoms with Crippen LogP contribution in [0.25, 0.3) is 0 Å². The lowest BCUT2D eigenvalue weighted by Gasteiger charge is -2.21. The number of anilines is 1. The first-order valence-corrected chi connectivity index (χ1v) is 8.37. The molecule has 5 heteroatoms. The van der Waals surface area contributed by atoms with Crippen LogP contribution in [-0.2, 0) is 11.2 Å². The number of carbonyl (C=O) groups is 1. The summed E-state index contributed by atoms with van der Waals surface area (Å²) in [6.45, 7) is 1.80. The van der Waals surface area contributed by atoms with Crippen LogP contribution in [0.3, 0.4) is 0 Å². The number of carbonyl (C=O) groups excluding carboxylic acids is 1. The number of nitrogens with one attached hydrogen (secondary N) is 1. The molecule has 0 atom stereocenters. The Morgan fingerprint density at radius 2 is 2.04 bits per heavy atom. The molecule has 23 heavy (non-hydrogen) atoms. The van der Waals surface area contributed by atoms with Crippen molar-refractivity contribution in [1.82, 2.24) is 10.1 Å². The van der Waals surface area contributed by atoms with Gasteiger partial charge in [-0.15, -0.1) is 0 Å². The molecule has 1 aliphatic carbocycles. The summed E-state index contributed by atoms with van der Waals surface area (Å²) in [7, 11) is 0. The van der Waals surface area contributed by atoms with Gasteiger partial charge in [-0.1, -0.05) is 42.6 Å². The molecule has 0 spiro atoms. The van der Waals surface area contributed by atoms with Crippen LogP contribution in [-0.4, -0.2) is 16.0 Å². The molecule has 1 aromatic carbocycles. The number of hydrogen-bond donors (Lipinski definition) is 1. The first-order valence-electron chi connectivity index (χ1n) is 8.37. The summed E-state index contributed by atoms with van der Waals surface area (Å²) in [5.74, 6) is 1.83. The van der Waals surface area contributed by atoms with Crippen molar-refractivity contribution in [2.24, 2.45) is 5.92 Å². The van der Waals surface area contributed by atoms with Gasteiger partial charge in [-0.05, 0) is 37.3 Å². The average Bonchev–Trinajstić information content (AvgIpc) is 2.95. The lowest BCUT2D eigenvalue weighted by atomic mass is 9.87. The van der Waals surface area contributed by atoms with E-state index in [0.29, 0.717) is 30.5 Å². The maximum atomic E-state index is 12.3. The fourth-order valence-corrected chi connectivity index (χ4v) is 3.23. The highest BCUT2D eigenvalue weighted by Crippen LogP contribution is 2.27. The molecule has 0 unspecified atom stereocenters. The second kappa shape index (κ2) is 7.40. The van der Waals surface area contributed by atoms with E-state index in [-0.39, 0.29) is 5.91 Å². The Bertz CT molecular complexity index is 660. The highest BCUT2D eigenvalue weighted by atomic mass is 16.5. The van der Waals surface area contributed by atoms with E-state index in [2.05, 4.69) is 15.5 Å². The summed E-state index contributed by atoms with van der Waals surface area (Å²) in [6.07, 6.45) is 7.32. The van der Waals surface area contributed by atoms with Gasteiger partial charge in [0.2, 0.25) is 11.8 Å². The summed E-state index contributed by atoms with van der Waals surface area (Å²) < 4.78 is 5.18. The summed E-state index contributed by atoms with van der Waals surface area (Å²) >= 11 is 0. The summed E-state index contributed by atoms with van der Waals surface area (Å²) in [6, 6.07) is 7.79. The summed E-state index contributed by atoms with van der Waals surface area (Å²) in [5.41, 5.74) is 1.83. The molecule has 0 saturated heterocycles. The van der Waals surface area contributed by atoms with Gasteiger partial charge < -0.3 is 9.84 Å². The molecule has 1 N–H and O–H groups in total. The number of nitrogens with zero attached hydrogens (tertiary/aromatic N) is 2. The monoisotopic (exact) mass is 313 g/mol. The number of aryl methyl sites for hydroxylation is 1. The zero-order valence-corrected chi connectivity index (χ0v) is 13.5. The molecule has 1 saturated carbocycles. The maximum absolute atomic E-state index is 12.3. The third kappa shape index (κ3) is 4.41. The largest absolute Gasteiger partial charge is 0.339 e. The Kier molecular flexibility index (Phi) is 5.05. The van der Waals surface area contributed by atoms with E-state index in [1.54, 1.807) is 6.92 Å². The van der Waals surface area contributed by atoms with Crippen LogP contribution in [0.5, 0.6) is 0 Å². The minimum atomic E-state index is 0.103. The average molecular weight is 313 g/mol. The number of rotatable bonds is 5. The predicted octanol–water partition coefficient (Wildman–Crippen LogP) is 3.88. The van der Waals surface area contributed by atoms with Crippen LogP contribution in [0.4, 0.5) is 5.69 Å². The molecule has 1 amide bonds. The van der Waals surface area contributed by atoms with Crippen molar-refractivity contribution >= 4 is 11.6 Å². The quantitative estimate of drug-likeness (QED) is 0.909. The SMILES string of the molecule is Cc1noc(Cc2ccccc2NC(=O)CC2CCCCC2)n1. The molecule has 0 radical (unpaired) electrons. The molecule has 2 aromatic rings. The molecule has 3 rings (SSSR count). The van der Waals surface area contributed by atoms with E-state index < -0.39 is 0 Å². The highest BCUT2D eigenvalue weighted by Gasteiger charge is 2.18. The maximum Gasteiger partial charge on any atom is 0.231 e. The van der Waals surface area contributed by atoms with Gasteiger partial charge in [-0.3, -0.25) is 4.79 Å². The molecule has 5 nitrogen and oxygen atoms in total. The zero-order valence-electron chi connectivity index (χ0n) is 13.5. The minimum Gasteiger partial charge on any atom is -0.339 e.